The zero-order valence-electron chi connectivity index (χ0n) is 14.7. The number of amides is 2. The molecule has 6 heteroatoms. The van der Waals surface area contributed by atoms with Gasteiger partial charge in [-0.3, -0.25) is 9.59 Å². The molecule has 2 aromatic carbocycles. The Hall–Kier alpha value is -2.70. The average molecular weight is 380 g/mol. The van der Waals surface area contributed by atoms with Crippen LogP contribution in [0.5, 0.6) is 0 Å². The lowest BCUT2D eigenvalue weighted by molar-refractivity contribution is -0.149. The number of hydrogen-bond donors (Lipinski definition) is 2. The molecule has 1 aliphatic rings. The molecule has 27 heavy (non-hydrogen) atoms. The van der Waals surface area contributed by atoms with Crippen LogP contribution < -0.4 is 10.2 Å². The largest absolute Gasteiger partial charge is 0.372 e. The van der Waals surface area contributed by atoms with E-state index in [9.17, 15) is 14.7 Å². The predicted molar refractivity (Wildman–Crippen MR) is 107 cm³/mol. The Morgan fingerprint density at radius 3 is 2.74 bits per heavy atom. The van der Waals surface area contributed by atoms with E-state index >= 15 is 0 Å². The number of hydrogen-bond acceptors (Lipinski definition) is 4. The third-order valence-corrected chi connectivity index (χ3v) is 5.89. The second-order valence-corrected chi connectivity index (χ2v) is 7.72. The van der Waals surface area contributed by atoms with Crippen molar-refractivity contribution in [3.63, 3.8) is 0 Å². The molecular weight excluding hydrogens is 360 g/mol. The molecule has 5 nitrogen and oxygen atoms in total. The molecule has 1 fully saturated rings. The molecule has 4 rings (SSSR count). The van der Waals surface area contributed by atoms with Gasteiger partial charge in [-0.15, -0.1) is 11.3 Å². The standard InChI is InChI=1S/C21H20N2O3S/c24-19(22-11-9-18-6-3-13-27-18)21(26)10-12-23(20(21)25)17-8-7-15-4-1-2-5-16(15)14-17/h1-8,13-14,26H,9-12H2,(H,22,24)/t21-/m1/s1. The molecule has 0 saturated carbocycles. The summed E-state index contributed by atoms with van der Waals surface area (Å²) in [5.74, 6) is -1.18. The minimum Gasteiger partial charge on any atom is -0.372 e. The fraction of sp³-hybridized carbons (Fsp3) is 0.238. The number of nitrogens with zero attached hydrogens (tertiary/aromatic N) is 1. The van der Waals surface area contributed by atoms with Gasteiger partial charge in [0.05, 0.1) is 0 Å². The molecule has 138 valence electrons. The number of nitrogens with one attached hydrogen (secondary N) is 1. The molecule has 0 unspecified atom stereocenters. The van der Waals surface area contributed by atoms with E-state index in [2.05, 4.69) is 5.32 Å². The van der Waals surface area contributed by atoms with Gasteiger partial charge in [-0.2, -0.15) is 0 Å². The first-order valence-corrected chi connectivity index (χ1v) is 9.80. The SMILES string of the molecule is O=C(NCCc1cccs1)[C@]1(O)CCN(c2ccc3ccccc3c2)C1=O. The van der Waals surface area contributed by atoms with Gasteiger partial charge in [0.1, 0.15) is 0 Å². The topological polar surface area (TPSA) is 69.6 Å². The number of anilines is 1. The number of carbonyl (C=O) groups is 2. The van der Waals surface area contributed by atoms with E-state index in [1.165, 1.54) is 4.90 Å². The van der Waals surface area contributed by atoms with Crippen LogP contribution in [0.1, 0.15) is 11.3 Å². The Morgan fingerprint density at radius 1 is 1.15 bits per heavy atom. The van der Waals surface area contributed by atoms with Crippen LogP contribution in [0, 0.1) is 0 Å². The molecule has 2 amide bonds. The first-order chi connectivity index (χ1) is 13.1. The molecule has 0 radical (unpaired) electrons. The van der Waals surface area contributed by atoms with Gasteiger partial charge in [0.15, 0.2) is 0 Å². The summed E-state index contributed by atoms with van der Waals surface area (Å²) in [4.78, 5) is 27.9. The van der Waals surface area contributed by atoms with Crippen LogP contribution in [0.15, 0.2) is 60.0 Å². The molecule has 1 aliphatic heterocycles. The lowest BCUT2D eigenvalue weighted by atomic mass is 10.0. The number of aliphatic hydroxyl groups is 1. The van der Waals surface area contributed by atoms with Crippen LogP contribution in [-0.2, 0) is 16.0 Å². The van der Waals surface area contributed by atoms with Crippen molar-refractivity contribution in [1.29, 1.82) is 0 Å². The Balaban J connectivity index is 1.46. The van der Waals surface area contributed by atoms with Crippen LogP contribution in [0.2, 0.25) is 0 Å². The second-order valence-electron chi connectivity index (χ2n) is 6.68. The van der Waals surface area contributed by atoms with Crippen molar-refractivity contribution in [3.8, 4) is 0 Å². The van der Waals surface area contributed by atoms with E-state index in [1.54, 1.807) is 11.3 Å². The number of benzene rings is 2. The van der Waals surface area contributed by atoms with Crippen LogP contribution in [0.25, 0.3) is 10.8 Å². The van der Waals surface area contributed by atoms with Crippen molar-refractivity contribution in [2.45, 2.75) is 18.4 Å². The summed E-state index contributed by atoms with van der Waals surface area (Å²) < 4.78 is 0. The van der Waals surface area contributed by atoms with Gasteiger partial charge < -0.3 is 15.3 Å². The Morgan fingerprint density at radius 2 is 1.96 bits per heavy atom. The molecule has 3 aromatic rings. The molecule has 0 aliphatic carbocycles. The maximum atomic E-state index is 12.8. The fourth-order valence-electron chi connectivity index (χ4n) is 3.41. The van der Waals surface area contributed by atoms with E-state index in [-0.39, 0.29) is 6.42 Å². The Bertz CT molecular complexity index is 986. The smallest absolute Gasteiger partial charge is 0.268 e. The third kappa shape index (κ3) is 3.34. The highest BCUT2D eigenvalue weighted by molar-refractivity contribution is 7.09. The van der Waals surface area contributed by atoms with Gasteiger partial charge in [0, 0.05) is 30.1 Å². The predicted octanol–water partition coefficient (Wildman–Crippen LogP) is 2.73. The maximum absolute atomic E-state index is 12.8. The van der Waals surface area contributed by atoms with Crippen molar-refractivity contribution in [1.82, 2.24) is 5.32 Å². The Labute approximate surface area is 161 Å². The Kier molecular flexibility index (Phi) is 4.68. The summed E-state index contributed by atoms with van der Waals surface area (Å²) >= 11 is 1.62. The zero-order valence-corrected chi connectivity index (χ0v) is 15.5. The first-order valence-electron chi connectivity index (χ1n) is 8.92. The fourth-order valence-corrected chi connectivity index (χ4v) is 4.12. The summed E-state index contributed by atoms with van der Waals surface area (Å²) in [6.07, 6.45) is 0.769. The zero-order chi connectivity index (χ0) is 18.9. The maximum Gasteiger partial charge on any atom is 0.268 e. The van der Waals surface area contributed by atoms with Crippen molar-refractivity contribution < 1.29 is 14.7 Å². The summed E-state index contributed by atoms with van der Waals surface area (Å²) in [6, 6.07) is 17.5. The molecule has 0 bridgehead atoms. The molecule has 1 saturated heterocycles. The van der Waals surface area contributed by atoms with E-state index < -0.39 is 17.4 Å². The van der Waals surface area contributed by atoms with Gasteiger partial charge in [0.25, 0.3) is 11.8 Å². The first kappa shape index (κ1) is 17.7. The van der Waals surface area contributed by atoms with Crippen molar-refractivity contribution in [3.05, 3.63) is 64.9 Å². The monoisotopic (exact) mass is 380 g/mol. The minimum absolute atomic E-state index is 0.0868. The molecular formula is C21H20N2O3S. The quantitative estimate of drug-likeness (QED) is 0.669. The summed E-state index contributed by atoms with van der Waals surface area (Å²) in [5, 5.41) is 17.5. The lowest BCUT2D eigenvalue weighted by Crippen LogP contribution is -2.52. The van der Waals surface area contributed by atoms with E-state index in [4.69, 9.17) is 0 Å². The molecule has 2 heterocycles. The third-order valence-electron chi connectivity index (χ3n) is 4.95. The summed E-state index contributed by atoms with van der Waals surface area (Å²) in [5.41, 5.74) is -1.30. The molecule has 1 atom stereocenters. The van der Waals surface area contributed by atoms with Crippen LogP contribution >= 0.6 is 11.3 Å². The van der Waals surface area contributed by atoms with Gasteiger partial charge in [-0.25, -0.2) is 0 Å². The number of carbonyl (C=O) groups excluding carboxylic acids is 2. The van der Waals surface area contributed by atoms with Crippen molar-refractivity contribution >= 4 is 39.6 Å². The highest BCUT2D eigenvalue weighted by Gasteiger charge is 2.51. The van der Waals surface area contributed by atoms with E-state index in [0.717, 1.165) is 15.6 Å². The second kappa shape index (κ2) is 7.13. The molecule has 1 aromatic heterocycles. The van der Waals surface area contributed by atoms with Crippen molar-refractivity contribution in [2.75, 3.05) is 18.0 Å². The van der Waals surface area contributed by atoms with Crippen LogP contribution in [0.4, 0.5) is 5.69 Å². The van der Waals surface area contributed by atoms with Gasteiger partial charge in [0.2, 0.25) is 5.60 Å². The highest BCUT2D eigenvalue weighted by Crippen LogP contribution is 2.30. The summed E-state index contributed by atoms with van der Waals surface area (Å²) in [6.45, 7) is 0.705. The number of thiophene rings is 1. The molecule has 0 spiro atoms. The molecule has 2 N–H and O–H groups in total. The van der Waals surface area contributed by atoms with Crippen molar-refractivity contribution in [2.24, 2.45) is 0 Å². The number of rotatable bonds is 5. The average Bonchev–Trinajstić information content (AvgIpc) is 3.31. The normalized spacial score (nSPS) is 19.6. The minimum atomic E-state index is -2.00. The van der Waals surface area contributed by atoms with E-state index in [1.807, 2.05) is 60.0 Å². The van der Waals surface area contributed by atoms with E-state index in [0.29, 0.717) is 25.2 Å². The number of fused-ring (bicyclic) bond motifs is 1. The van der Waals surface area contributed by atoms with Crippen LogP contribution in [0.3, 0.4) is 0 Å². The summed E-state index contributed by atoms with van der Waals surface area (Å²) in [7, 11) is 0. The van der Waals surface area contributed by atoms with Gasteiger partial charge >= 0.3 is 0 Å². The highest BCUT2D eigenvalue weighted by atomic mass is 32.1. The van der Waals surface area contributed by atoms with Gasteiger partial charge in [-0.05, 0) is 40.8 Å². The van der Waals surface area contributed by atoms with Gasteiger partial charge in [-0.1, -0.05) is 36.4 Å². The van der Waals surface area contributed by atoms with Crippen LogP contribution in [-0.4, -0.2) is 35.6 Å². The lowest BCUT2D eigenvalue weighted by Gasteiger charge is -2.22.